The first kappa shape index (κ1) is 10.3. The zero-order chi connectivity index (χ0) is 10.2. The summed E-state index contributed by atoms with van der Waals surface area (Å²) in [7, 11) is 0. The maximum Gasteiger partial charge on any atom is 0.0630 e. The highest BCUT2D eigenvalue weighted by Gasteiger charge is 2.38. The minimum absolute atomic E-state index is 0.0992. The summed E-state index contributed by atoms with van der Waals surface area (Å²) in [5.74, 6) is 0. The molecule has 0 bridgehead atoms. The summed E-state index contributed by atoms with van der Waals surface area (Å²) < 4.78 is 0. The third-order valence-corrected chi connectivity index (χ3v) is 4.04. The van der Waals surface area contributed by atoms with Gasteiger partial charge in [0, 0.05) is 12.0 Å². The summed E-state index contributed by atoms with van der Waals surface area (Å²) in [4.78, 5) is 0. The Hall–Kier alpha value is -0.240. The Morgan fingerprint density at radius 1 is 1.29 bits per heavy atom. The van der Waals surface area contributed by atoms with Gasteiger partial charge in [0.15, 0.2) is 0 Å². The topological polar surface area (TPSA) is 26.0 Å². The molecule has 2 N–H and O–H groups in total. The second kappa shape index (κ2) is 3.73. The van der Waals surface area contributed by atoms with Crippen LogP contribution in [0.3, 0.4) is 0 Å². The van der Waals surface area contributed by atoms with Crippen LogP contribution >= 0.6 is 23.2 Å². The molecule has 0 radical (unpaired) electrons. The van der Waals surface area contributed by atoms with Gasteiger partial charge in [-0.2, -0.15) is 0 Å². The Morgan fingerprint density at radius 2 is 2.00 bits per heavy atom. The molecule has 1 aromatic rings. The Morgan fingerprint density at radius 3 is 2.50 bits per heavy atom. The van der Waals surface area contributed by atoms with E-state index in [9.17, 15) is 0 Å². The molecule has 1 saturated carbocycles. The number of hydrogen-bond donors (Lipinski definition) is 1. The van der Waals surface area contributed by atoms with Crippen molar-refractivity contribution in [1.82, 2.24) is 0 Å². The summed E-state index contributed by atoms with van der Waals surface area (Å²) in [6, 6.07) is 5.80. The number of benzene rings is 1. The lowest BCUT2D eigenvalue weighted by Crippen LogP contribution is -2.41. The van der Waals surface area contributed by atoms with Crippen molar-refractivity contribution < 1.29 is 0 Å². The quantitative estimate of drug-likeness (QED) is 0.828. The summed E-state index contributed by atoms with van der Waals surface area (Å²) in [6.07, 6.45) is 3.49. The molecule has 0 aromatic heterocycles. The van der Waals surface area contributed by atoms with Crippen molar-refractivity contribution in [3.05, 3.63) is 33.8 Å². The lowest BCUT2D eigenvalue weighted by molar-refractivity contribution is 0.253. The van der Waals surface area contributed by atoms with Gasteiger partial charge in [-0.05, 0) is 24.5 Å². The van der Waals surface area contributed by atoms with E-state index < -0.39 is 0 Å². The normalized spacial score (nSPS) is 19.1. The van der Waals surface area contributed by atoms with Crippen LogP contribution in [0.4, 0.5) is 0 Å². The van der Waals surface area contributed by atoms with Gasteiger partial charge in [0.25, 0.3) is 0 Å². The van der Waals surface area contributed by atoms with Crippen molar-refractivity contribution in [2.45, 2.75) is 24.7 Å². The van der Waals surface area contributed by atoms with E-state index in [1.165, 1.54) is 6.42 Å². The molecule has 0 atom stereocenters. The predicted molar refractivity (Wildman–Crippen MR) is 61.0 cm³/mol. The van der Waals surface area contributed by atoms with E-state index in [1.54, 1.807) is 0 Å². The Kier molecular flexibility index (Phi) is 2.74. The molecule has 0 heterocycles. The highest BCUT2D eigenvalue weighted by molar-refractivity contribution is 6.42. The monoisotopic (exact) mass is 229 g/mol. The maximum absolute atomic E-state index is 6.18. The number of nitrogens with two attached hydrogens (primary N) is 1. The minimum atomic E-state index is 0.0992. The summed E-state index contributed by atoms with van der Waals surface area (Å²) in [5.41, 5.74) is 7.04. The molecule has 1 aliphatic rings. The van der Waals surface area contributed by atoms with Crippen molar-refractivity contribution >= 4 is 23.2 Å². The van der Waals surface area contributed by atoms with E-state index in [4.69, 9.17) is 28.9 Å². The average molecular weight is 230 g/mol. The van der Waals surface area contributed by atoms with Crippen molar-refractivity contribution in [1.29, 1.82) is 0 Å². The average Bonchev–Trinajstić information content (AvgIpc) is 2.11. The summed E-state index contributed by atoms with van der Waals surface area (Å²) in [6.45, 7) is 0.660. The second-order valence-electron chi connectivity index (χ2n) is 3.94. The molecule has 0 aliphatic heterocycles. The van der Waals surface area contributed by atoms with Gasteiger partial charge in [-0.25, -0.2) is 0 Å². The first-order valence-electron chi connectivity index (χ1n) is 4.84. The third kappa shape index (κ3) is 1.44. The van der Waals surface area contributed by atoms with E-state index >= 15 is 0 Å². The van der Waals surface area contributed by atoms with Gasteiger partial charge in [0.1, 0.15) is 0 Å². The highest BCUT2D eigenvalue weighted by Crippen LogP contribution is 2.46. The van der Waals surface area contributed by atoms with Gasteiger partial charge in [0.05, 0.1) is 10.0 Å². The smallest absolute Gasteiger partial charge is 0.0630 e. The first-order chi connectivity index (χ1) is 6.69. The van der Waals surface area contributed by atoms with Crippen LogP contribution in [0, 0.1) is 0 Å². The van der Waals surface area contributed by atoms with Crippen LogP contribution in [0.25, 0.3) is 0 Å². The van der Waals surface area contributed by atoms with E-state index in [2.05, 4.69) is 0 Å². The van der Waals surface area contributed by atoms with Crippen LogP contribution in [0.2, 0.25) is 10.0 Å². The molecule has 0 unspecified atom stereocenters. The van der Waals surface area contributed by atoms with E-state index in [1.807, 2.05) is 18.2 Å². The SMILES string of the molecule is NCC1(c2cccc(Cl)c2Cl)CCC1. The lowest BCUT2D eigenvalue weighted by atomic mass is 9.64. The Balaban J connectivity index is 2.45. The predicted octanol–water partition coefficient (Wildman–Crippen LogP) is 3.37. The number of hydrogen-bond acceptors (Lipinski definition) is 1. The Labute approximate surface area is 94.2 Å². The van der Waals surface area contributed by atoms with Crippen molar-refractivity contribution in [2.75, 3.05) is 6.54 Å². The van der Waals surface area contributed by atoms with Crippen molar-refractivity contribution in [2.24, 2.45) is 5.73 Å². The molecule has 14 heavy (non-hydrogen) atoms. The van der Waals surface area contributed by atoms with Crippen LogP contribution < -0.4 is 5.73 Å². The first-order valence-corrected chi connectivity index (χ1v) is 5.60. The largest absolute Gasteiger partial charge is 0.330 e. The van der Waals surface area contributed by atoms with Gasteiger partial charge < -0.3 is 5.73 Å². The van der Waals surface area contributed by atoms with Crippen molar-refractivity contribution in [3.63, 3.8) is 0 Å². The van der Waals surface area contributed by atoms with E-state index in [0.29, 0.717) is 16.6 Å². The zero-order valence-electron chi connectivity index (χ0n) is 7.89. The molecule has 76 valence electrons. The summed E-state index contributed by atoms with van der Waals surface area (Å²) >= 11 is 12.2. The molecule has 1 nitrogen and oxygen atoms in total. The second-order valence-corrected chi connectivity index (χ2v) is 4.72. The van der Waals surface area contributed by atoms with Crippen LogP contribution in [-0.4, -0.2) is 6.54 Å². The van der Waals surface area contributed by atoms with E-state index in [0.717, 1.165) is 18.4 Å². The molecule has 1 fully saturated rings. The molecule has 1 aromatic carbocycles. The molecular formula is C11H13Cl2N. The van der Waals surface area contributed by atoms with Crippen LogP contribution in [0.5, 0.6) is 0 Å². The number of rotatable bonds is 2. The summed E-state index contributed by atoms with van der Waals surface area (Å²) in [5, 5.41) is 1.31. The molecular weight excluding hydrogens is 217 g/mol. The molecule has 3 heteroatoms. The van der Waals surface area contributed by atoms with Gasteiger partial charge >= 0.3 is 0 Å². The van der Waals surface area contributed by atoms with Gasteiger partial charge in [-0.1, -0.05) is 41.8 Å². The fourth-order valence-corrected chi connectivity index (χ4v) is 2.60. The van der Waals surface area contributed by atoms with Crippen LogP contribution in [-0.2, 0) is 5.41 Å². The molecule has 2 rings (SSSR count). The van der Waals surface area contributed by atoms with Crippen LogP contribution in [0.15, 0.2) is 18.2 Å². The fourth-order valence-electron chi connectivity index (χ4n) is 2.10. The lowest BCUT2D eigenvalue weighted by Gasteiger charge is -2.42. The molecule has 0 spiro atoms. The Bertz CT molecular complexity index is 340. The third-order valence-electron chi connectivity index (χ3n) is 3.22. The van der Waals surface area contributed by atoms with Gasteiger partial charge in [-0.3, -0.25) is 0 Å². The highest BCUT2D eigenvalue weighted by atomic mass is 35.5. The molecule has 0 saturated heterocycles. The van der Waals surface area contributed by atoms with E-state index in [-0.39, 0.29) is 5.41 Å². The standard InChI is InChI=1S/C11H13Cl2N/c12-9-4-1-3-8(10(9)13)11(7-14)5-2-6-11/h1,3-4H,2,5-7,14H2. The van der Waals surface area contributed by atoms with Crippen LogP contribution in [0.1, 0.15) is 24.8 Å². The zero-order valence-corrected chi connectivity index (χ0v) is 9.41. The molecule has 1 aliphatic carbocycles. The van der Waals surface area contributed by atoms with Gasteiger partial charge in [-0.15, -0.1) is 0 Å². The molecule has 0 amide bonds. The number of halogens is 2. The minimum Gasteiger partial charge on any atom is -0.330 e. The fraction of sp³-hybridized carbons (Fsp3) is 0.455. The van der Waals surface area contributed by atoms with Crippen molar-refractivity contribution in [3.8, 4) is 0 Å². The maximum atomic E-state index is 6.18. The van der Waals surface area contributed by atoms with Gasteiger partial charge in [0.2, 0.25) is 0 Å².